The fourth-order valence-electron chi connectivity index (χ4n) is 0.489. The van der Waals surface area contributed by atoms with Gasteiger partial charge in [0.05, 0.1) is 6.10 Å². The topological polar surface area (TPSA) is 63.3 Å². The number of hydrogen-bond acceptors (Lipinski definition) is 2. The number of primary amides is 1. The van der Waals surface area contributed by atoms with E-state index in [4.69, 9.17) is 10.8 Å². The average Bonchev–Trinajstić information content (AvgIpc) is 1.87. The summed E-state index contributed by atoms with van der Waals surface area (Å²) in [5.41, 5.74) is 5.33. The Kier molecular flexibility index (Phi) is 3.72. The van der Waals surface area contributed by atoms with E-state index in [0.717, 1.165) is 0 Å². The van der Waals surface area contributed by atoms with Crippen LogP contribution in [0.5, 0.6) is 0 Å². The molecule has 0 aromatic rings. The van der Waals surface area contributed by atoms with Crippen LogP contribution < -0.4 is 5.73 Å². The van der Waals surface area contributed by atoms with Gasteiger partial charge in [-0.3, -0.25) is 4.79 Å². The van der Waals surface area contributed by atoms with Gasteiger partial charge in [-0.25, -0.2) is 0 Å². The molecule has 1 atom stereocenters. The van der Waals surface area contributed by atoms with Gasteiger partial charge in [0.1, 0.15) is 0 Å². The van der Waals surface area contributed by atoms with Crippen LogP contribution in [0, 0.1) is 0 Å². The van der Waals surface area contributed by atoms with Gasteiger partial charge in [0.2, 0.25) is 5.91 Å². The smallest absolute Gasteiger partial charge is 0.244 e. The number of carbonyl (C=O) groups excluding carboxylic acids is 1. The van der Waals surface area contributed by atoms with Crippen molar-refractivity contribution in [3.05, 3.63) is 11.6 Å². The molecule has 0 fully saturated rings. The van der Waals surface area contributed by atoms with Crippen LogP contribution in [-0.2, 0) is 4.79 Å². The molecule has 0 aliphatic carbocycles. The molecule has 0 radical (unpaired) electrons. The summed E-state index contributed by atoms with van der Waals surface area (Å²) in [7, 11) is 0. The Morgan fingerprint density at radius 2 is 2.30 bits per heavy atom. The molecule has 0 spiro atoms. The van der Waals surface area contributed by atoms with E-state index in [1.165, 1.54) is 6.08 Å². The van der Waals surface area contributed by atoms with Crippen molar-refractivity contribution in [2.24, 2.45) is 5.73 Å². The molecule has 0 aliphatic heterocycles. The van der Waals surface area contributed by atoms with Gasteiger partial charge in [0, 0.05) is 5.57 Å². The Balaban J connectivity index is 4.02. The summed E-state index contributed by atoms with van der Waals surface area (Å²) >= 11 is 0. The van der Waals surface area contributed by atoms with Crippen molar-refractivity contribution in [1.29, 1.82) is 0 Å². The third-order valence-corrected chi connectivity index (χ3v) is 1.25. The number of amides is 1. The van der Waals surface area contributed by atoms with Gasteiger partial charge in [-0.15, -0.1) is 0 Å². The third-order valence-electron chi connectivity index (χ3n) is 1.25. The number of rotatable bonds is 3. The highest BCUT2D eigenvalue weighted by Crippen LogP contribution is 1.97. The first kappa shape index (κ1) is 9.17. The van der Waals surface area contributed by atoms with Crippen LogP contribution in [0.25, 0.3) is 0 Å². The molecule has 0 saturated carbocycles. The number of carbonyl (C=O) groups is 1. The van der Waals surface area contributed by atoms with Crippen molar-refractivity contribution in [2.45, 2.75) is 26.4 Å². The van der Waals surface area contributed by atoms with E-state index in [1.807, 2.05) is 6.92 Å². The highest BCUT2D eigenvalue weighted by molar-refractivity contribution is 5.91. The van der Waals surface area contributed by atoms with Crippen LogP contribution in [0.2, 0.25) is 0 Å². The SMILES string of the molecule is CCC(O)/C=C(/C)C(N)=O. The van der Waals surface area contributed by atoms with Gasteiger partial charge in [0.25, 0.3) is 0 Å². The second kappa shape index (κ2) is 4.06. The Hall–Kier alpha value is -0.830. The van der Waals surface area contributed by atoms with Gasteiger partial charge < -0.3 is 10.8 Å². The Labute approximate surface area is 60.5 Å². The molecule has 58 valence electrons. The van der Waals surface area contributed by atoms with Crippen LogP contribution >= 0.6 is 0 Å². The van der Waals surface area contributed by atoms with Crippen molar-refractivity contribution in [3.63, 3.8) is 0 Å². The summed E-state index contributed by atoms with van der Waals surface area (Å²) in [5, 5.41) is 8.99. The maximum atomic E-state index is 10.4. The molecular weight excluding hydrogens is 130 g/mol. The molecule has 3 nitrogen and oxygen atoms in total. The molecule has 0 saturated heterocycles. The summed E-state index contributed by atoms with van der Waals surface area (Å²) in [6.45, 7) is 3.41. The molecule has 10 heavy (non-hydrogen) atoms. The van der Waals surface area contributed by atoms with Gasteiger partial charge >= 0.3 is 0 Å². The fraction of sp³-hybridized carbons (Fsp3) is 0.571. The molecule has 1 amide bonds. The Bertz CT molecular complexity index is 152. The summed E-state index contributed by atoms with van der Waals surface area (Å²) in [4.78, 5) is 10.4. The monoisotopic (exact) mass is 143 g/mol. The number of nitrogens with two attached hydrogens (primary N) is 1. The van der Waals surface area contributed by atoms with Crippen molar-refractivity contribution in [3.8, 4) is 0 Å². The van der Waals surface area contributed by atoms with Crippen molar-refractivity contribution >= 4 is 5.91 Å². The molecular formula is C7H13NO2. The lowest BCUT2D eigenvalue weighted by Gasteiger charge is -2.00. The minimum atomic E-state index is -0.549. The molecule has 0 rings (SSSR count). The number of hydrogen-bond donors (Lipinski definition) is 2. The van der Waals surface area contributed by atoms with E-state index in [9.17, 15) is 4.79 Å². The standard InChI is InChI=1S/C7H13NO2/c1-3-6(9)4-5(2)7(8)10/h4,6,9H,3H2,1-2H3,(H2,8,10)/b5-4-. The van der Waals surface area contributed by atoms with E-state index >= 15 is 0 Å². The summed E-state index contributed by atoms with van der Waals surface area (Å²) in [6.07, 6.45) is 1.51. The maximum absolute atomic E-state index is 10.4. The van der Waals surface area contributed by atoms with Crippen LogP contribution in [0.4, 0.5) is 0 Å². The first-order chi connectivity index (χ1) is 4.57. The molecule has 0 aromatic carbocycles. The third kappa shape index (κ3) is 3.25. The second-order valence-electron chi connectivity index (χ2n) is 2.19. The first-order valence-corrected chi connectivity index (χ1v) is 3.24. The van der Waals surface area contributed by atoms with E-state index in [2.05, 4.69) is 0 Å². The molecule has 0 heterocycles. The van der Waals surface area contributed by atoms with E-state index < -0.39 is 12.0 Å². The lowest BCUT2D eigenvalue weighted by molar-refractivity contribution is -0.114. The van der Waals surface area contributed by atoms with Crippen molar-refractivity contribution in [1.82, 2.24) is 0 Å². The minimum absolute atomic E-state index is 0.411. The predicted octanol–water partition coefficient (Wildman–Crippen LogP) is 0.189. The zero-order valence-corrected chi connectivity index (χ0v) is 6.29. The molecule has 1 unspecified atom stereocenters. The summed E-state index contributed by atoms with van der Waals surface area (Å²) < 4.78 is 0. The summed E-state index contributed by atoms with van der Waals surface area (Å²) in [6, 6.07) is 0. The highest BCUT2D eigenvalue weighted by Gasteiger charge is 2.00. The lowest BCUT2D eigenvalue weighted by atomic mass is 10.2. The zero-order valence-electron chi connectivity index (χ0n) is 6.29. The molecule has 3 heteroatoms. The van der Waals surface area contributed by atoms with Crippen molar-refractivity contribution in [2.75, 3.05) is 0 Å². The van der Waals surface area contributed by atoms with Crippen LogP contribution in [-0.4, -0.2) is 17.1 Å². The average molecular weight is 143 g/mol. The molecule has 0 aromatic heterocycles. The maximum Gasteiger partial charge on any atom is 0.244 e. The fourth-order valence-corrected chi connectivity index (χ4v) is 0.489. The Morgan fingerprint density at radius 1 is 1.80 bits per heavy atom. The minimum Gasteiger partial charge on any atom is -0.389 e. The molecule has 3 N–H and O–H groups in total. The first-order valence-electron chi connectivity index (χ1n) is 3.24. The van der Waals surface area contributed by atoms with Gasteiger partial charge in [-0.2, -0.15) is 0 Å². The lowest BCUT2D eigenvalue weighted by Crippen LogP contribution is -2.14. The van der Waals surface area contributed by atoms with E-state index in [1.54, 1.807) is 6.92 Å². The highest BCUT2D eigenvalue weighted by atomic mass is 16.3. The van der Waals surface area contributed by atoms with Crippen molar-refractivity contribution < 1.29 is 9.90 Å². The van der Waals surface area contributed by atoms with Gasteiger partial charge in [-0.1, -0.05) is 6.92 Å². The van der Waals surface area contributed by atoms with E-state index in [-0.39, 0.29) is 0 Å². The van der Waals surface area contributed by atoms with Crippen LogP contribution in [0.15, 0.2) is 11.6 Å². The number of aliphatic hydroxyl groups is 1. The van der Waals surface area contributed by atoms with Crippen LogP contribution in [0.1, 0.15) is 20.3 Å². The zero-order chi connectivity index (χ0) is 8.15. The molecule has 0 bridgehead atoms. The number of aliphatic hydroxyl groups excluding tert-OH is 1. The summed E-state index contributed by atoms with van der Waals surface area (Å²) in [5.74, 6) is -0.479. The van der Waals surface area contributed by atoms with Gasteiger partial charge in [-0.05, 0) is 19.4 Å². The normalized spacial score (nSPS) is 14.9. The molecule has 0 aliphatic rings. The largest absolute Gasteiger partial charge is 0.389 e. The van der Waals surface area contributed by atoms with Gasteiger partial charge in [0.15, 0.2) is 0 Å². The predicted molar refractivity (Wildman–Crippen MR) is 39.2 cm³/mol. The Morgan fingerprint density at radius 3 is 2.60 bits per heavy atom. The second-order valence-corrected chi connectivity index (χ2v) is 2.19. The quantitative estimate of drug-likeness (QED) is 0.554. The van der Waals surface area contributed by atoms with E-state index in [0.29, 0.717) is 12.0 Å². The van der Waals surface area contributed by atoms with Crippen LogP contribution in [0.3, 0.4) is 0 Å².